The minimum atomic E-state index is -0.997. The van der Waals surface area contributed by atoms with Crippen molar-refractivity contribution in [3.63, 3.8) is 0 Å². The molecule has 2 aromatic carbocycles. The largest absolute Gasteiger partial charge is 0.497 e. The molecule has 0 spiro atoms. The van der Waals surface area contributed by atoms with Gasteiger partial charge in [0.25, 0.3) is 0 Å². The van der Waals surface area contributed by atoms with Gasteiger partial charge >= 0.3 is 5.97 Å². The Kier molecular flexibility index (Phi) is 7.87. The highest BCUT2D eigenvalue weighted by atomic mass is 16.5. The molecule has 0 bridgehead atoms. The normalized spacial score (nSPS) is 11.5. The molecule has 150 valence electrons. The van der Waals surface area contributed by atoms with Crippen LogP contribution in [0.2, 0.25) is 0 Å². The summed E-state index contributed by atoms with van der Waals surface area (Å²) in [5, 5.41) is 12.1. The standard InChI is InChI=1S/C22H27NO5/c1-15-7-9-16(10-8-15)5-4-6-21(24)23-19(14-22(25)26)18-12-11-17(27-2)13-20(18)28-3/h7-13,19H,4-6,14H2,1-3H3,(H,23,24)(H,25,26). The molecule has 0 aliphatic rings. The van der Waals surface area contributed by atoms with Crippen LogP contribution in [0.4, 0.5) is 0 Å². The number of rotatable bonds is 10. The van der Waals surface area contributed by atoms with Gasteiger partial charge in [-0.05, 0) is 37.5 Å². The molecule has 0 fully saturated rings. The van der Waals surface area contributed by atoms with Crippen LogP contribution in [0.25, 0.3) is 0 Å². The van der Waals surface area contributed by atoms with E-state index in [-0.39, 0.29) is 12.3 Å². The number of ether oxygens (including phenoxy) is 2. The third-order valence-corrected chi connectivity index (χ3v) is 4.52. The predicted octanol–water partition coefficient (Wildman–Crippen LogP) is 3.67. The van der Waals surface area contributed by atoms with E-state index in [1.165, 1.54) is 18.2 Å². The fourth-order valence-electron chi connectivity index (χ4n) is 2.99. The number of carbonyl (C=O) groups is 2. The minimum absolute atomic E-state index is 0.184. The molecule has 1 amide bonds. The van der Waals surface area contributed by atoms with Crippen molar-refractivity contribution in [3.8, 4) is 11.5 Å². The Hall–Kier alpha value is -3.02. The van der Waals surface area contributed by atoms with Crippen molar-refractivity contribution in [3.05, 3.63) is 59.2 Å². The summed E-state index contributed by atoms with van der Waals surface area (Å²) in [5.74, 6) is -0.108. The molecule has 1 unspecified atom stereocenters. The molecule has 0 heterocycles. The zero-order valence-corrected chi connectivity index (χ0v) is 16.5. The first-order chi connectivity index (χ1) is 13.4. The molecule has 2 aromatic rings. The number of hydrogen-bond acceptors (Lipinski definition) is 4. The van der Waals surface area contributed by atoms with E-state index in [1.54, 1.807) is 25.3 Å². The highest BCUT2D eigenvalue weighted by Crippen LogP contribution is 2.31. The van der Waals surface area contributed by atoms with E-state index in [2.05, 4.69) is 17.4 Å². The number of carbonyl (C=O) groups excluding carboxylic acids is 1. The summed E-state index contributed by atoms with van der Waals surface area (Å²) >= 11 is 0. The summed E-state index contributed by atoms with van der Waals surface area (Å²) in [4.78, 5) is 23.7. The second-order valence-corrected chi connectivity index (χ2v) is 6.66. The lowest BCUT2D eigenvalue weighted by Gasteiger charge is -2.20. The molecule has 0 aliphatic carbocycles. The van der Waals surface area contributed by atoms with Crippen molar-refractivity contribution < 1.29 is 24.2 Å². The summed E-state index contributed by atoms with van der Waals surface area (Å²) < 4.78 is 10.5. The van der Waals surface area contributed by atoms with Crippen LogP contribution in [0, 0.1) is 6.92 Å². The number of methoxy groups -OCH3 is 2. The molecule has 0 aromatic heterocycles. The first-order valence-electron chi connectivity index (χ1n) is 9.21. The van der Waals surface area contributed by atoms with E-state index < -0.39 is 12.0 Å². The smallest absolute Gasteiger partial charge is 0.305 e. The molecular formula is C22H27NO5. The highest BCUT2D eigenvalue weighted by Gasteiger charge is 2.22. The van der Waals surface area contributed by atoms with Gasteiger partial charge in [-0.25, -0.2) is 0 Å². The molecule has 0 aliphatic heterocycles. The van der Waals surface area contributed by atoms with Gasteiger partial charge in [0.05, 0.1) is 26.7 Å². The van der Waals surface area contributed by atoms with Crippen LogP contribution in [-0.4, -0.2) is 31.2 Å². The number of hydrogen-bond donors (Lipinski definition) is 2. The quantitative estimate of drug-likeness (QED) is 0.652. The van der Waals surface area contributed by atoms with Crippen molar-refractivity contribution in [2.45, 2.75) is 38.6 Å². The fourth-order valence-corrected chi connectivity index (χ4v) is 2.99. The zero-order valence-electron chi connectivity index (χ0n) is 16.5. The average molecular weight is 385 g/mol. The number of benzene rings is 2. The molecule has 6 heteroatoms. The molecule has 28 heavy (non-hydrogen) atoms. The van der Waals surface area contributed by atoms with Crippen molar-refractivity contribution in [1.82, 2.24) is 5.32 Å². The van der Waals surface area contributed by atoms with Gasteiger partial charge in [-0.2, -0.15) is 0 Å². The average Bonchev–Trinajstić information content (AvgIpc) is 2.68. The van der Waals surface area contributed by atoms with Crippen LogP contribution >= 0.6 is 0 Å². The van der Waals surface area contributed by atoms with Crippen LogP contribution < -0.4 is 14.8 Å². The summed E-state index contributed by atoms with van der Waals surface area (Å²) in [6.07, 6.45) is 1.58. The Morgan fingerprint density at radius 2 is 1.79 bits per heavy atom. The van der Waals surface area contributed by atoms with Gasteiger partial charge in [0.1, 0.15) is 11.5 Å². The fraction of sp³-hybridized carbons (Fsp3) is 0.364. The number of aryl methyl sites for hydroxylation is 2. The number of nitrogens with one attached hydrogen (secondary N) is 1. The maximum Gasteiger partial charge on any atom is 0.305 e. The van der Waals surface area contributed by atoms with Crippen LogP contribution in [0.3, 0.4) is 0 Å². The molecule has 0 saturated heterocycles. The number of amides is 1. The lowest BCUT2D eigenvalue weighted by molar-refractivity contribution is -0.137. The van der Waals surface area contributed by atoms with Gasteiger partial charge in [0, 0.05) is 18.1 Å². The maximum atomic E-state index is 12.4. The zero-order chi connectivity index (χ0) is 20.5. The van der Waals surface area contributed by atoms with Crippen LogP contribution in [0.1, 0.15) is 42.0 Å². The van der Waals surface area contributed by atoms with Gasteiger partial charge in [-0.1, -0.05) is 29.8 Å². The first kappa shape index (κ1) is 21.3. The predicted molar refractivity (Wildman–Crippen MR) is 107 cm³/mol. The molecule has 1 atom stereocenters. The number of aliphatic carboxylic acids is 1. The van der Waals surface area contributed by atoms with Crippen LogP contribution in [0.5, 0.6) is 11.5 Å². The summed E-state index contributed by atoms with van der Waals surface area (Å²) in [5.41, 5.74) is 2.99. The number of carboxylic acid groups (broad SMARTS) is 1. The maximum absolute atomic E-state index is 12.4. The van der Waals surface area contributed by atoms with E-state index >= 15 is 0 Å². The summed E-state index contributed by atoms with van der Waals surface area (Å²) in [7, 11) is 3.04. The number of carboxylic acids is 1. The molecule has 0 saturated carbocycles. The highest BCUT2D eigenvalue weighted by molar-refractivity contribution is 5.78. The van der Waals surface area contributed by atoms with Crippen LogP contribution in [0.15, 0.2) is 42.5 Å². The van der Waals surface area contributed by atoms with E-state index in [1.807, 2.05) is 19.1 Å². The Balaban J connectivity index is 2.02. The molecule has 0 radical (unpaired) electrons. The van der Waals surface area contributed by atoms with Crippen LogP contribution in [-0.2, 0) is 16.0 Å². The molecular weight excluding hydrogens is 358 g/mol. The van der Waals surface area contributed by atoms with Crippen molar-refractivity contribution in [2.24, 2.45) is 0 Å². The van der Waals surface area contributed by atoms with Crippen molar-refractivity contribution in [2.75, 3.05) is 14.2 Å². The first-order valence-corrected chi connectivity index (χ1v) is 9.21. The third-order valence-electron chi connectivity index (χ3n) is 4.52. The van der Waals surface area contributed by atoms with Gasteiger partial charge < -0.3 is 19.9 Å². The SMILES string of the molecule is COc1ccc(C(CC(=O)O)NC(=O)CCCc2ccc(C)cc2)c(OC)c1. The van der Waals surface area contributed by atoms with Gasteiger partial charge in [0.2, 0.25) is 5.91 Å². The van der Waals surface area contributed by atoms with Gasteiger partial charge in [-0.15, -0.1) is 0 Å². The third kappa shape index (κ3) is 6.30. The Morgan fingerprint density at radius 1 is 1.07 bits per heavy atom. The summed E-state index contributed by atoms with van der Waals surface area (Å²) in [6.45, 7) is 2.03. The Bertz CT molecular complexity index is 801. The molecule has 6 nitrogen and oxygen atoms in total. The summed E-state index contributed by atoms with van der Waals surface area (Å²) in [6, 6.07) is 12.7. The Morgan fingerprint density at radius 3 is 2.39 bits per heavy atom. The lowest BCUT2D eigenvalue weighted by Crippen LogP contribution is -2.30. The van der Waals surface area contributed by atoms with Gasteiger partial charge in [-0.3, -0.25) is 9.59 Å². The Labute approximate surface area is 165 Å². The monoisotopic (exact) mass is 385 g/mol. The molecule has 2 rings (SSSR count). The van der Waals surface area contributed by atoms with E-state index in [0.717, 1.165) is 6.42 Å². The topological polar surface area (TPSA) is 84.9 Å². The van der Waals surface area contributed by atoms with Gasteiger partial charge in [0.15, 0.2) is 0 Å². The van der Waals surface area contributed by atoms with Crippen molar-refractivity contribution in [1.29, 1.82) is 0 Å². The van der Waals surface area contributed by atoms with E-state index in [0.29, 0.717) is 29.9 Å². The second-order valence-electron chi connectivity index (χ2n) is 6.66. The van der Waals surface area contributed by atoms with E-state index in [9.17, 15) is 14.7 Å². The molecule has 2 N–H and O–H groups in total. The lowest BCUT2D eigenvalue weighted by atomic mass is 10.0. The minimum Gasteiger partial charge on any atom is -0.497 e. The second kappa shape index (κ2) is 10.3. The van der Waals surface area contributed by atoms with Crippen molar-refractivity contribution >= 4 is 11.9 Å². The van der Waals surface area contributed by atoms with E-state index in [4.69, 9.17) is 9.47 Å².